The zero-order valence-electron chi connectivity index (χ0n) is 11.5. The zero-order chi connectivity index (χ0) is 15.5. The van der Waals surface area contributed by atoms with Crippen LogP contribution in [0.25, 0.3) is 0 Å². The Kier molecular flexibility index (Phi) is 4.72. The SMILES string of the molecule is CC(Oc1ccc(F)cc1)C(=O)NC1(C(=O)O)CCSC1. The summed E-state index contributed by atoms with van der Waals surface area (Å²) in [6.45, 7) is 1.52. The van der Waals surface area contributed by atoms with E-state index in [2.05, 4.69) is 5.32 Å². The molecule has 2 atom stereocenters. The summed E-state index contributed by atoms with van der Waals surface area (Å²) in [5.74, 6) is -0.535. The first-order chi connectivity index (χ1) is 9.93. The highest BCUT2D eigenvalue weighted by Crippen LogP contribution is 2.28. The molecule has 5 nitrogen and oxygen atoms in total. The van der Waals surface area contributed by atoms with Crippen LogP contribution in [-0.4, -0.2) is 40.1 Å². The molecule has 1 aromatic rings. The summed E-state index contributed by atoms with van der Waals surface area (Å²) in [5.41, 5.74) is -1.22. The number of amides is 1. The molecule has 0 radical (unpaired) electrons. The number of aliphatic carboxylic acids is 1. The summed E-state index contributed by atoms with van der Waals surface area (Å²) in [6, 6.07) is 5.29. The number of carboxylic acids is 1. The first-order valence-electron chi connectivity index (χ1n) is 6.48. The van der Waals surface area contributed by atoms with Crippen molar-refractivity contribution in [3.8, 4) is 5.75 Å². The van der Waals surface area contributed by atoms with E-state index >= 15 is 0 Å². The zero-order valence-corrected chi connectivity index (χ0v) is 12.3. The van der Waals surface area contributed by atoms with Gasteiger partial charge in [0.15, 0.2) is 6.10 Å². The molecule has 2 N–H and O–H groups in total. The minimum atomic E-state index is -1.22. The molecule has 0 aromatic heterocycles. The number of nitrogens with one attached hydrogen (secondary N) is 1. The van der Waals surface area contributed by atoms with E-state index in [0.717, 1.165) is 0 Å². The maximum absolute atomic E-state index is 12.8. The van der Waals surface area contributed by atoms with Gasteiger partial charge in [0.05, 0.1) is 0 Å². The number of halogens is 1. The van der Waals surface area contributed by atoms with Crippen molar-refractivity contribution in [1.29, 1.82) is 0 Å². The molecule has 21 heavy (non-hydrogen) atoms. The second-order valence-corrected chi connectivity index (χ2v) is 6.00. The Morgan fingerprint density at radius 2 is 2.10 bits per heavy atom. The molecule has 0 aliphatic carbocycles. The maximum atomic E-state index is 12.8. The van der Waals surface area contributed by atoms with Crippen molar-refractivity contribution in [1.82, 2.24) is 5.32 Å². The molecule has 1 fully saturated rings. The van der Waals surface area contributed by atoms with Gasteiger partial charge in [-0.05, 0) is 43.4 Å². The largest absolute Gasteiger partial charge is 0.481 e. The molecule has 0 spiro atoms. The number of thioether (sulfide) groups is 1. The lowest BCUT2D eigenvalue weighted by Crippen LogP contribution is -2.57. The average molecular weight is 313 g/mol. The summed E-state index contributed by atoms with van der Waals surface area (Å²) in [7, 11) is 0. The minimum absolute atomic E-state index is 0.345. The summed E-state index contributed by atoms with van der Waals surface area (Å²) >= 11 is 1.49. The standard InChI is InChI=1S/C14H16FNO4S/c1-9(20-11-4-2-10(15)3-5-11)12(17)16-14(13(18)19)6-7-21-8-14/h2-5,9H,6-8H2,1H3,(H,16,17)(H,18,19). The first kappa shape index (κ1) is 15.6. The van der Waals surface area contributed by atoms with Crippen LogP contribution in [0.1, 0.15) is 13.3 Å². The van der Waals surface area contributed by atoms with Crippen LogP contribution in [-0.2, 0) is 9.59 Å². The van der Waals surface area contributed by atoms with Crippen molar-refractivity contribution < 1.29 is 23.8 Å². The molecule has 1 aliphatic rings. The molecular weight excluding hydrogens is 297 g/mol. The highest BCUT2D eigenvalue weighted by Gasteiger charge is 2.44. The molecule has 2 rings (SSSR count). The highest BCUT2D eigenvalue weighted by atomic mass is 32.2. The van der Waals surface area contributed by atoms with E-state index in [1.807, 2.05) is 0 Å². The third-order valence-electron chi connectivity index (χ3n) is 3.29. The van der Waals surface area contributed by atoms with Crippen LogP contribution >= 0.6 is 11.8 Å². The molecule has 0 saturated carbocycles. The van der Waals surface area contributed by atoms with Gasteiger partial charge in [-0.1, -0.05) is 0 Å². The van der Waals surface area contributed by atoms with E-state index < -0.39 is 29.3 Å². The van der Waals surface area contributed by atoms with Crippen LogP contribution < -0.4 is 10.1 Å². The predicted molar refractivity (Wildman–Crippen MR) is 76.9 cm³/mol. The number of ether oxygens (including phenoxy) is 1. The molecule has 1 aromatic carbocycles. The van der Waals surface area contributed by atoms with Crippen LogP contribution in [0.3, 0.4) is 0 Å². The van der Waals surface area contributed by atoms with Crippen LogP contribution in [0.5, 0.6) is 5.75 Å². The van der Waals surface area contributed by atoms with Gasteiger partial charge in [0.2, 0.25) is 0 Å². The highest BCUT2D eigenvalue weighted by molar-refractivity contribution is 7.99. The first-order valence-corrected chi connectivity index (χ1v) is 7.64. The second kappa shape index (κ2) is 6.34. The van der Waals surface area contributed by atoms with Gasteiger partial charge in [-0.15, -0.1) is 0 Å². The van der Waals surface area contributed by atoms with E-state index in [9.17, 15) is 19.1 Å². The molecule has 1 saturated heterocycles. The minimum Gasteiger partial charge on any atom is -0.481 e. The quantitative estimate of drug-likeness (QED) is 0.865. The second-order valence-electron chi connectivity index (χ2n) is 4.89. The predicted octanol–water partition coefficient (Wildman–Crippen LogP) is 1.67. The Balaban J connectivity index is 1.99. The van der Waals surface area contributed by atoms with E-state index in [1.54, 1.807) is 0 Å². The van der Waals surface area contributed by atoms with E-state index in [1.165, 1.54) is 43.0 Å². The molecule has 0 bridgehead atoms. The molecule has 1 aliphatic heterocycles. The van der Waals surface area contributed by atoms with Gasteiger partial charge >= 0.3 is 5.97 Å². The topological polar surface area (TPSA) is 75.6 Å². The van der Waals surface area contributed by atoms with Crippen LogP contribution in [0.15, 0.2) is 24.3 Å². The van der Waals surface area contributed by atoms with Crippen LogP contribution in [0, 0.1) is 5.82 Å². The fraction of sp³-hybridized carbons (Fsp3) is 0.429. The number of carbonyl (C=O) groups is 2. The maximum Gasteiger partial charge on any atom is 0.330 e. The lowest BCUT2D eigenvalue weighted by Gasteiger charge is -2.26. The number of carboxylic acid groups (broad SMARTS) is 1. The molecule has 1 heterocycles. The third kappa shape index (κ3) is 3.66. The Bertz CT molecular complexity index is 528. The summed E-state index contributed by atoms with van der Waals surface area (Å²) in [4.78, 5) is 23.5. The van der Waals surface area contributed by atoms with Gasteiger partial charge in [-0.25, -0.2) is 9.18 Å². The van der Waals surface area contributed by atoms with Gasteiger partial charge in [0.25, 0.3) is 5.91 Å². The molecule has 114 valence electrons. The lowest BCUT2D eigenvalue weighted by atomic mass is 9.99. The van der Waals surface area contributed by atoms with E-state index in [-0.39, 0.29) is 0 Å². The van der Waals surface area contributed by atoms with E-state index in [4.69, 9.17) is 4.74 Å². The van der Waals surface area contributed by atoms with Gasteiger partial charge in [-0.2, -0.15) is 11.8 Å². The number of benzene rings is 1. The Morgan fingerprint density at radius 1 is 1.43 bits per heavy atom. The van der Waals surface area contributed by atoms with Crippen molar-refractivity contribution in [3.63, 3.8) is 0 Å². The van der Waals surface area contributed by atoms with E-state index in [0.29, 0.717) is 23.7 Å². The number of rotatable bonds is 5. The summed E-state index contributed by atoms with van der Waals surface area (Å²) in [5, 5.41) is 11.9. The third-order valence-corrected chi connectivity index (χ3v) is 4.48. The summed E-state index contributed by atoms with van der Waals surface area (Å²) in [6.07, 6.45) is -0.473. The molecule has 7 heteroatoms. The average Bonchev–Trinajstić information content (AvgIpc) is 2.91. The van der Waals surface area contributed by atoms with Crippen molar-refractivity contribution in [2.75, 3.05) is 11.5 Å². The van der Waals surface area contributed by atoms with Crippen LogP contribution in [0.4, 0.5) is 4.39 Å². The van der Waals surface area contributed by atoms with Crippen molar-refractivity contribution in [2.45, 2.75) is 25.0 Å². The van der Waals surface area contributed by atoms with Gasteiger partial charge in [0.1, 0.15) is 17.1 Å². The number of hydrogen-bond donors (Lipinski definition) is 2. The fourth-order valence-corrected chi connectivity index (χ4v) is 3.32. The summed E-state index contributed by atoms with van der Waals surface area (Å²) < 4.78 is 18.2. The Hall–Kier alpha value is -1.76. The van der Waals surface area contributed by atoms with Crippen molar-refractivity contribution in [2.24, 2.45) is 0 Å². The monoisotopic (exact) mass is 313 g/mol. The van der Waals surface area contributed by atoms with Crippen molar-refractivity contribution in [3.05, 3.63) is 30.1 Å². The molecule has 2 unspecified atom stereocenters. The smallest absolute Gasteiger partial charge is 0.330 e. The van der Waals surface area contributed by atoms with Gasteiger partial charge in [-0.3, -0.25) is 4.79 Å². The number of hydrogen-bond acceptors (Lipinski definition) is 4. The fourth-order valence-electron chi connectivity index (χ4n) is 1.99. The normalized spacial score (nSPS) is 22.6. The van der Waals surface area contributed by atoms with Gasteiger partial charge < -0.3 is 15.2 Å². The number of carbonyl (C=O) groups excluding carboxylic acids is 1. The van der Waals surface area contributed by atoms with Crippen LogP contribution in [0.2, 0.25) is 0 Å². The lowest BCUT2D eigenvalue weighted by molar-refractivity contribution is -0.147. The van der Waals surface area contributed by atoms with Crippen molar-refractivity contribution >= 4 is 23.6 Å². The molecule has 1 amide bonds. The molecular formula is C14H16FNO4S. The Morgan fingerprint density at radius 3 is 2.62 bits per heavy atom. The Labute approximate surface area is 125 Å². The van der Waals surface area contributed by atoms with Gasteiger partial charge in [0, 0.05) is 5.75 Å².